The fourth-order valence-electron chi connectivity index (χ4n) is 3.73. The second-order valence-electron chi connectivity index (χ2n) is 5.58. The van der Waals surface area contributed by atoms with E-state index in [0.29, 0.717) is 0 Å². The highest BCUT2D eigenvalue weighted by Crippen LogP contribution is 2.67. The Morgan fingerprint density at radius 2 is 1.83 bits per heavy atom. The van der Waals surface area contributed by atoms with Crippen molar-refractivity contribution in [2.45, 2.75) is 59.3 Å². The Labute approximate surface area is 76.7 Å². The van der Waals surface area contributed by atoms with E-state index >= 15 is 0 Å². The van der Waals surface area contributed by atoms with Crippen LogP contribution in [0.4, 0.5) is 0 Å². The standard InChI is InChI=1S/C12H22/c1-4-11-6-5-7-12(8-11,9-11)10(2)3/h10H,4-9H2,1-3H3. The molecule has 0 aromatic heterocycles. The first-order valence-corrected chi connectivity index (χ1v) is 5.63. The van der Waals surface area contributed by atoms with Gasteiger partial charge in [-0.05, 0) is 42.4 Å². The smallest absolute Gasteiger partial charge is 0.0264 e. The molecular formula is C12H22. The molecule has 12 heavy (non-hydrogen) atoms. The minimum Gasteiger partial charge on any atom is -0.0649 e. The number of fused-ring (bicyclic) bond motifs is 2. The van der Waals surface area contributed by atoms with Crippen LogP contribution in [0.15, 0.2) is 0 Å². The van der Waals surface area contributed by atoms with Gasteiger partial charge in [-0.1, -0.05) is 33.6 Å². The van der Waals surface area contributed by atoms with Crippen molar-refractivity contribution in [3.8, 4) is 0 Å². The normalized spacial score (nSPS) is 46.0. The van der Waals surface area contributed by atoms with E-state index in [9.17, 15) is 0 Å². The Bertz CT molecular complexity index is 172. The van der Waals surface area contributed by atoms with Crippen LogP contribution in [0, 0.1) is 16.7 Å². The second-order valence-corrected chi connectivity index (χ2v) is 5.58. The lowest BCUT2D eigenvalue weighted by molar-refractivity contribution is -0.124. The molecule has 0 spiro atoms. The van der Waals surface area contributed by atoms with Gasteiger partial charge >= 0.3 is 0 Å². The summed E-state index contributed by atoms with van der Waals surface area (Å²) in [6.45, 7) is 7.23. The van der Waals surface area contributed by atoms with Crippen molar-refractivity contribution in [3.05, 3.63) is 0 Å². The molecule has 0 heteroatoms. The van der Waals surface area contributed by atoms with E-state index < -0.39 is 0 Å². The average Bonchev–Trinajstić information content (AvgIpc) is 2.03. The highest BCUT2D eigenvalue weighted by molar-refractivity contribution is 5.07. The maximum Gasteiger partial charge on any atom is -0.0264 e. The minimum atomic E-state index is 0.786. The van der Waals surface area contributed by atoms with Crippen LogP contribution in [0.2, 0.25) is 0 Å². The number of hydrogen-bond donors (Lipinski definition) is 0. The van der Waals surface area contributed by atoms with Crippen molar-refractivity contribution >= 4 is 0 Å². The molecule has 0 amide bonds. The van der Waals surface area contributed by atoms with E-state index in [4.69, 9.17) is 0 Å². The predicted octanol–water partition coefficient (Wildman–Crippen LogP) is 4.00. The molecule has 70 valence electrons. The van der Waals surface area contributed by atoms with Gasteiger partial charge in [0, 0.05) is 0 Å². The van der Waals surface area contributed by atoms with Crippen LogP contribution in [-0.4, -0.2) is 0 Å². The molecule has 2 bridgehead atoms. The Morgan fingerprint density at radius 1 is 1.17 bits per heavy atom. The third kappa shape index (κ3) is 0.963. The van der Waals surface area contributed by atoms with Crippen LogP contribution >= 0.6 is 0 Å². The summed E-state index contributed by atoms with van der Waals surface area (Å²) in [5, 5.41) is 0. The maximum atomic E-state index is 2.42. The van der Waals surface area contributed by atoms with Crippen LogP contribution in [0.3, 0.4) is 0 Å². The van der Waals surface area contributed by atoms with Crippen molar-refractivity contribution in [1.82, 2.24) is 0 Å². The minimum absolute atomic E-state index is 0.786. The summed E-state index contributed by atoms with van der Waals surface area (Å²) in [4.78, 5) is 0. The summed E-state index contributed by atoms with van der Waals surface area (Å²) in [7, 11) is 0. The zero-order valence-corrected chi connectivity index (χ0v) is 8.82. The molecule has 0 heterocycles. The zero-order valence-electron chi connectivity index (χ0n) is 8.82. The maximum absolute atomic E-state index is 2.42. The third-order valence-electron chi connectivity index (χ3n) is 4.81. The summed E-state index contributed by atoms with van der Waals surface area (Å²) in [6.07, 6.45) is 9.08. The molecule has 3 saturated carbocycles. The lowest BCUT2D eigenvalue weighted by atomic mass is 9.42. The summed E-state index contributed by atoms with van der Waals surface area (Å²) in [5.41, 5.74) is 1.59. The summed E-state index contributed by atoms with van der Waals surface area (Å²) >= 11 is 0. The predicted molar refractivity (Wildman–Crippen MR) is 53.1 cm³/mol. The molecule has 0 atom stereocenters. The van der Waals surface area contributed by atoms with E-state index in [-0.39, 0.29) is 0 Å². The van der Waals surface area contributed by atoms with Crippen molar-refractivity contribution in [1.29, 1.82) is 0 Å². The first-order valence-electron chi connectivity index (χ1n) is 5.63. The van der Waals surface area contributed by atoms with E-state index in [2.05, 4.69) is 20.8 Å². The number of rotatable bonds is 2. The highest BCUT2D eigenvalue weighted by atomic mass is 14.6. The molecule has 0 nitrogen and oxygen atoms in total. The molecule has 0 aromatic rings. The Morgan fingerprint density at radius 3 is 2.33 bits per heavy atom. The third-order valence-corrected chi connectivity index (χ3v) is 4.81. The van der Waals surface area contributed by atoms with Gasteiger partial charge in [0.2, 0.25) is 0 Å². The molecule has 3 aliphatic rings. The Balaban J connectivity index is 2.08. The van der Waals surface area contributed by atoms with Crippen LogP contribution in [0.1, 0.15) is 59.3 Å². The van der Waals surface area contributed by atoms with Gasteiger partial charge in [-0.15, -0.1) is 0 Å². The first kappa shape index (κ1) is 8.59. The van der Waals surface area contributed by atoms with E-state index in [0.717, 1.165) is 16.7 Å². The monoisotopic (exact) mass is 166 g/mol. The fourth-order valence-corrected chi connectivity index (χ4v) is 3.73. The fraction of sp³-hybridized carbons (Fsp3) is 1.00. The Kier molecular flexibility index (Phi) is 1.79. The summed E-state index contributed by atoms with van der Waals surface area (Å²) in [6, 6.07) is 0. The summed E-state index contributed by atoms with van der Waals surface area (Å²) in [5.74, 6) is 0.928. The van der Waals surface area contributed by atoms with E-state index in [1.807, 2.05) is 0 Å². The van der Waals surface area contributed by atoms with Gasteiger partial charge in [0.05, 0.1) is 0 Å². The SMILES string of the molecule is CCC12CCCC(C(C)C)(C1)C2. The van der Waals surface area contributed by atoms with Gasteiger partial charge in [-0.25, -0.2) is 0 Å². The quantitative estimate of drug-likeness (QED) is 0.581. The van der Waals surface area contributed by atoms with Crippen LogP contribution < -0.4 is 0 Å². The number of hydrogen-bond acceptors (Lipinski definition) is 0. The van der Waals surface area contributed by atoms with E-state index in [1.165, 1.54) is 25.7 Å². The van der Waals surface area contributed by atoms with E-state index in [1.54, 1.807) is 12.8 Å². The van der Waals surface area contributed by atoms with Gasteiger partial charge < -0.3 is 0 Å². The molecule has 3 rings (SSSR count). The topological polar surface area (TPSA) is 0 Å². The lowest BCUT2D eigenvalue weighted by Crippen LogP contribution is -2.52. The molecule has 0 unspecified atom stereocenters. The second kappa shape index (κ2) is 2.49. The van der Waals surface area contributed by atoms with Crippen molar-refractivity contribution < 1.29 is 0 Å². The lowest BCUT2D eigenvalue weighted by Gasteiger charge is -2.63. The van der Waals surface area contributed by atoms with Gasteiger partial charge in [0.15, 0.2) is 0 Å². The van der Waals surface area contributed by atoms with Gasteiger partial charge in [0.1, 0.15) is 0 Å². The molecule has 0 N–H and O–H groups in total. The van der Waals surface area contributed by atoms with Crippen LogP contribution in [-0.2, 0) is 0 Å². The molecule has 0 radical (unpaired) electrons. The zero-order chi connectivity index (χ0) is 8.82. The average molecular weight is 166 g/mol. The molecule has 3 fully saturated rings. The molecule has 0 aliphatic heterocycles. The molecule has 3 aliphatic carbocycles. The van der Waals surface area contributed by atoms with Gasteiger partial charge in [0.25, 0.3) is 0 Å². The molecule has 0 aromatic carbocycles. The molecular weight excluding hydrogens is 144 g/mol. The first-order chi connectivity index (χ1) is 5.63. The van der Waals surface area contributed by atoms with Crippen LogP contribution in [0.25, 0.3) is 0 Å². The molecule has 0 saturated heterocycles. The van der Waals surface area contributed by atoms with Gasteiger partial charge in [-0.2, -0.15) is 0 Å². The van der Waals surface area contributed by atoms with Gasteiger partial charge in [-0.3, -0.25) is 0 Å². The highest BCUT2D eigenvalue weighted by Gasteiger charge is 2.56. The largest absolute Gasteiger partial charge is 0.0649 e. The summed E-state index contributed by atoms with van der Waals surface area (Å²) < 4.78 is 0. The van der Waals surface area contributed by atoms with Crippen molar-refractivity contribution in [2.24, 2.45) is 16.7 Å². The van der Waals surface area contributed by atoms with Crippen molar-refractivity contribution in [2.75, 3.05) is 0 Å². The van der Waals surface area contributed by atoms with Crippen molar-refractivity contribution in [3.63, 3.8) is 0 Å². The van der Waals surface area contributed by atoms with Crippen LogP contribution in [0.5, 0.6) is 0 Å². The Hall–Kier alpha value is 0.